The minimum Gasteiger partial charge on any atom is -0.491 e. The number of rotatable bonds is 5. The molecule has 0 aromatic heterocycles. The predicted octanol–water partition coefficient (Wildman–Crippen LogP) is 3.09. The molecule has 1 aromatic rings. The van der Waals surface area contributed by atoms with E-state index in [0.29, 0.717) is 19.3 Å². The fraction of sp³-hybridized carbons (Fsp3) is 0.625. The molecule has 0 bridgehead atoms. The van der Waals surface area contributed by atoms with Gasteiger partial charge in [0, 0.05) is 6.04 Å². The summed E-state index contributed by atoms with van der Waals surface area (Å²) in [5.41, 5.74) is 2.73. The van der Waals surface area contributed by atoms with Crippen molar-refractivity contribution in [3.05, 3.63) is 29.3 Å². The second kappa shape index (κ2) is 5.93. The number of aryl methyl sites for hydroxylation is 1. The zero-order valence-electron chi connectivity index (χ0n) is 12.5. The van der Waals surface area contributed by atoms with Crippen LogP contribution in [0.1, 0.15) is 44.4 Å². The highest BCUT2D eigenvalue weighted by Crippen LogP contribution is 2.33. The van der Waals surface area contributed by atoms with Crippen molar-refractivity contribution < 1.29 is 9.47 Å². The maximum absolute atomic E-state index is 5.75. The number of nitrogens with one attached hydrogen (secondary N) is 1. The normalized spacial score (nSPS) is 18.4. The zero-order valence-corrected chi connectivity index (χ0v) is 12.5. The molecule has 0 heterocycles. The van der Waals surface area contributed by atoms with Crippen molar-refractivity contribution in [2.75, 3.05) is 20.3 Å². The molecule has 0 saturated carbocycles. The van der Waals surface area contributed by atoms with E-state index in [4.69, 9.17) is 9.47 Å². The molecule has 3 heteroatoms. The smallest absolute Gasteiger partial charge is 0.119 e. The van der Waals surface area contributed by atoms with E-state index < -0.39 is 0 Å². The lowest BCUT2D eigenvalue weighted by Gasteiger charge is -2.19. The van der Waals surface area contributed by atoms with Crippen molar-refractivity contribution in [1.82, 2.24) is 5.32 Å². The van der Waals surface area contributed by atoms with E-state index in [9.17, 15) is 0 Å². The number of fused-ring (bicyclic) bond motifs is 1. The summed E-state index contributed by atoms with van der Waals surface area (Å²) in [5, 5.41) is 3.35. The van der Waals surface area contributed by atoms with Crippen LogP contribution in [0, 0.1) is 0 Å². The third-order valence-corrected chi connectivity index (χ3v) is 3.43. The van der Waals surface area contributed by atoms with E-state index in [-0.39, 0.29) is 5.60 Å². The van der Waals surface area contributed by atoms with Crippen molar-refractivity contribution >= 4 is 0 Å². The third-order valence-electron chi connectivity index (χ3n) is 3.43. The van der Waals surface area contributed by atoms with Crippen LogP contribution in [-0.2, 0) is 11.2 Å². The summed E-state index contributed by atoms with van der Waals surface area (Å²) in [4.78, 5) is 0. The van der Waals surface area contributed by atoms with E-state index in [2.05, 4.69) is 44.3 Å². The van der Waals surface area contributed by atoms with Gasteiger partial charge in [-0.15, -0.1) is 0 Å². The first-order valence-electron chi connectivity index (χ1n) is 7.06. The van der Waals surface area contributed by atoms with Crippen LogP contribution in [0.25, 0.3) is 0 Å². The van der Waals surface area contributed by atoms with Gasteiger partial charge in [-0.25, -0.2) is 0 Å². The molecule has 1 aliphatic rings. The second-order valence-electron chi connectivity index (χ2n) is 6.05. The highest BCUT2D eigenvalue weighted by Gasteiger charge is 2.21. The number of hydrogen-bond acceptors (Lipinski definition) is 3. The number of benzene rings is 1. The Hall–Kier alpha value is -1.06. The Bertz CT molecular complexity index is 423. The molecule has 1 unspecified atom stereocenters. The number of hydrogen-bond donors (Lipinski definition) is 1. The van der Waals surface area contributed by atoms with Gasteiger partial charge in [-0.3, -0.25) is 0 Å². The van der Waals surface area contributed by atoms with E-state index in [1.807, 2.05) is 7.05 Å². The molecule has 0 fully saturated rings. The van der Waals surface area contributed by atoms with Crippen LogP contribution < -0.4 is 10.1 Å². The molecular formula is C16H25NO2. The summed E-state index contributed by atoms with van der Waals surface area (Å²) in [5.74, 6) is 0.952. The first-order chi connectivity index (χ1) is 8.99. The lowest BCUT2D eigenvalue weighted by atomic mass is 10.1. The fourth-order valence-electron chi connectivity index (χ4n) is 2.49. The highest BCUT2D eigenvalue weighted by atomic mass is 16.5. The summed E-state index contributed by atoms with van der Waals surface area (Å²) in [6.07, 6.45) is 2.32. The third kappa shape index (κ3) is 3.95. The van der Waals surface area contributed by atoms with E-state index in [0.717, 1.165) is 12.2 Å². The minimum absolute atomic E-state index is 0.0959. The fourth-order valence-corrected chi connectivity index (χ4v) is 2.49. The van der Waals surface area contributed by atoms with E-state index in [1.54, 1.807) is 0 Å². The van der Waals surface area contributed by atoms with Crippen LogP contribution in [-0.4, -0.2) is 25.9 Å². The Morgan fingerprint density at radius 2 is 2.05 bits per heavy atom. The number of ether oxygens (including phenoxy) is 2. The van der Waals surface area contributed by atoms with Crippen LogP contribution in [0.5, 0.6) is 5.75 Å². The van der Waals surface area contributed by atoms with Gasteiger partial charge < -0.3 is 14.8 Å². The highest BCUT2D eigenvalue weighted by molar-refractivity contribution is 5.40. The molecule has 1 aliphatic carbocycles. The zero-order chi connectivity index (χ0) is 13.9. The minimum atomic E-state index is -0.0959. The monoisotopic (exact) mass is 263 g/mol. The first-order valence-corrected chi connectivity index (χ1v) is 7.06. The van der Waals surface area contributed by atoms with Gasteiger partial charge in [0.1, 0.15) is 12.4 Å². The summed E-state index contributed by atoms with van der Waals surface area (Å²) in [6.45, 7) is 7.39. The second-order valence-corrected chi connectivity index (χ2v) is 6.05. The van der Waals surface area contributed by atoms with Crippen molar-refractivity contribution in [3.63, 3.8) is 0 Å². The van der Waals surface area contributed by atoms with Gasteiger partial charge in [-0.1, -0.05) is 6.07 Å². The molecule has 106 valence electrons. The van der Waals surface area contributed by atoms with E-state index >= 15 is 0 Å². The first kappa shape index (κ1) is 14.4. The van der Waals surface area contributed by atoms with Crippen LogP contribution in [0.4, 0.5) is 0 Å². The largest absolute Gasteiger partial charge is 0.491 e. The van der Waals surface area contributed by atoms with Gasteiger partial charge in [0.15, 0.2) is 0 Å². The lowest BCUT2D eigenvalue weighted by molar-refractivity contribution is -0.0163. The van der Waals surface area contributed by atoms with Gasteiger partial charge >= 0.3 is 0 Å². The van der Waals surface area contributed by atoms with Crippen LogP contribution in [0.3, 0.4) is 0 Å². The summed E-state index contributed by atoms with van der Waals surface area (Å²) < 4.78 is 11.4. The Morgan fingerprint density at radius 3 is 2.74 bits per heavy atom. The van der Waals surface area contributed by atoms with Gasteiger partial charge in [0.05, 0.1) is 12.2 Å². The van der Waals surface area contributed by atoms with Crippen molar-refractivity contribution in [2.24, 2.45) is 0 Å². The molecule has 1 aromatic carbocycles. The van der Waals surface area contributed by atoms with Gasteiger partial charge in [-0.05, 0) is 63.9 Å². The maximum atomic E-state index is 5.75. The van der Waals surface area contributed by atoms with Crippen LogP contribution >= 0.6 is 0 Å². The molecule has 0 radical (unpaired) electrons. The molecule has 0 spiro atoms. The lowest BCUT2D eigenvalue weighted by Crippen LogP contribution is -2.22. The SMILES string of the molecule is CNC1CCc2cc(OCCOC(C)(C)C)ccc21. The average molecular weight is 263 g/mol. The predicted molar refractivity (Wildman–Crippen MR) is 77.8 cm³/mol. The summed E-state index contributed by atoms with van der Waals surface area (Å²) in [6, 6.07) is 6.92. The summed E-state index contributed by atoms with van der Waals surface area (Å²) >= 11 is 0. The quantitative estimate of drug-likeness (QED) is 0.828. The standard InChI is InChI=1S/C16H25NO2/c1-16(2,3)19-10-9-18-13-6-7-14-12(11-13)5-8-15(14)17-4/h6-7,11,15,17H,5,8-10H2,1-4H3. The molecule has 0 saturated heterocycles. The molecule has 1 atom stereocenters. The van der Waals surface area contributed by atoms with Gasteiger partial charge in [0.2, 0.25) is 0 Å². The van der Waals surface area contributed by atoms with Crippen LogP contribution in [0.2, 0.25) is 0 Å². The van der Waals surface area contributed by atoms with Gasteiger partial charge in [0.25, 0.3) is 0 Å². The molecule has 0 amide bonds. The molecule has 3 nitrogen and oxygen atoms in total. The molecular weight excluding hydrogens is 238 g/mol. The Morgan fingerprint density at radius 1 is 1.26 bits per heavy atom. The summed E-state index contributed by atoms with van der Waals surface area (Å²) in [7, 11) is 2.02. The average Bonchev–Trinajstić information content (AvgIpc) is 2.75. The van der Waals surface area contributed by atoms with Crippen molar-refractivity contribution in [1.29, 1.82) is 0 Å². The van der Waals surface area contributed by atoms with Crippen molar-refractivity contribution in [2.45, 2.75) is 45.3 Å². The Balaban J connectivity index is 1.86. The molecule has 19 heavy (non-hydrogen) atoms. The molecule has 2 rings (SSSR count). The van der Waals surface area contributed by atoms with E-state index in [1.165, 1.54) is 17.5 Å². The van der Waals surface area contributed by atoms with Crippen molar-refractivity contribution in [3.8, 4) is 5.75 Å². The van der Waals surface area contributed by atoms with Gasteiger partial charge in [-0.2, -0.15) is 0 Å². The Labute approximate surface area is 116 Å². The Kier molecular flexibility index (Phi) is 4.48. The molecule has 0 aliphatic heterocycles. The molecule has 1 N–H and O–H groups in total. The topological polar surface area (TPSA) is 30.5 Å². The maximum Gasteiger partial charge on any atom is 0.119 e. The van der Waals surface area contributed by atoms with Crippen LogP contribution in [0.15, 0.2) is 18.2 Å².